The van der Waals surface area contributed by atoms with Gasteiger partial charge in [-0.05, 0) is 25.1 Å². The molecule has 1 aliphatic heterocycles. The molecule has 2 aromatic carbocycles. The van der Waals surface area contributed by atoms with Gasteiger partial charge in [0.05, 0.1) is 35.9 Å². The molecule has 2 N–H and O–H groups in total. The minimum absolute atomic E-state index is 0.312. The van der Waals surface area contributed by atoms with Gasteiger partial charge in [0.2, 0.25) is 11.7 Å². The third-order valence-electron chi connectivity index (χ3n) is 5.44. The van der Waals surface area contributed by atoms with Crippen molar-refractivity contribution in [1.29, 1.82) is 5.26 Å². The first kappa shape index (κ1) is 19.5. The molecule has 1 unspecified atom stereocenters. The molecule has 0 saturated heterocycles. The van der Waals surface area contributed by atoms with E-state index in [-0.39, 0.29) is 6.03 Å². The zero-order chi connectivity index (χ0) is 22.1. The lowest BCUT2D eigenvalue weighted by atomic mass is 10.0. The van der Waals surface area contributed by atoms with Crippen LogP contribution in [0.2, 0.25) is 0 Å². The molecular formula is C23H19N7O2. The predicted molar refractivity (Wildman–Crippen MR) is 115 cm³/mol. The summed E-state index contributed by atoms with van der Waals surface area (Å²) in [6.07, 6.45) is 2.06. The molecule has 3 heterocycles. The van der Waals surface area contributed by atoms with Crippen LogP contribution in [0.15, 0.2) is 59.4 Å². The van der Waals surface area contributed by atoms with Crippen LogP contribution in [0.5, 0.6) is 0 Å². The number of hydrogen-bond donors (Lipinski definition) is 2. The number of benzene rings is 2. The maximum Gasteiger partial charge on any atom is 0.322 e. The van der Waals surface area contributed by atoms with Crippen molar-refractivity contribution in [2.24, 2.45) is 0 Å². The van der Waals surface area contributed by atoms with Crippen molar-refractivity contribution in [2.75, 3.05) is 5.32 Å². The summed E-state index contributed by atoms with van der Waals surface area (Å²) in [4.78, 5) is 26.9. The van der Waals surface area contributed by atoms with E-state index in [1.807, 2.05) is 31.2 Å². The molecule has 9 nitrogen and oxygen atoms in total. The molecule has 0 spiro atoms. The molecule has 0 fully saturated rings. The lowest BCUT2D eigenvalue weighted by molar-refractivity contribution is 0.155. The van der Waals surface area contributed by atoms with E-state index >= 15 is 0 Å². The largest absolute Gasteiger partial charge is 0.347 e. The molecule has 0 aliphatic carbocycles. The molecule has 1 aliphatic rings. The van der Waals surface area contributed by atoms with Gasteiger partial charge in [0, 0.05) is 17.7 Å². The molecule has 158 valence electrons. The minimum Gasteiger partial charge on any atom is -0.347 e. The topological polar surface area (TPSA) is 124 Å². The SMILES string of the molecule is Cc1ccc(-c2noc(C3Cc4nc[nH]c4CN3C(=O)Nc3cccc(C#N)c3)n2)cc1. The number of imidazole rings is 1. The monoisotopic (exact) mass is 425 g/mol. The number of carbonyl (C=O) groups is 1. The Kier molecular flexibility index (Phi) is 4.88. The van der Waals surface area contributed by atoms with E-state index in [0.29, 0.717) is 35.9 Å². The van der Waals surface area contributed by atoms with Gasteiger partial charge in [-0.3, -0.25) is 0 Å². The van der Waals surface area contributed by atoms with E-state index < -0.39 is 6.04 Å². The quantitative estimate of drug-likeness (QED) is 0.512. The van der Waals surface area contributed by atoms with Crippen LogP contribution in [0.1, 0.15) is 34.4 Å². The Bertz CT molecular complexity index is 1320. The van der Waals surface area contributed by atoms with Crippen molar-refractivity contribution in [3.05, 3.63) is 83.3 Å². The Hall–Kier alpha value is -4.45. The molecular weight excluding hydrogens is 406 g/mol. The summed E-state index contributed by atoms with van der Waals surface area (Å²) in [6.45, 7) is 2.32. The first-order chi connectivity index (χ1) is 15.6. The van der Waals surface area contributed by atoms with Gasteiger partial charge < -0.3 is 19.7 Å². The summed E-state index contributed by atoms with van der Waals surface area (Å²) in [5, 5.41) is 16.1. The summed E-state index contributed by atoms with van der Waals surface area (Å²) in [7, 11) is 0. The number of nitrogens with zero attached hydrogens (tertiary/aromatic N) is 5. The summed E-state index contributed by atoms with van der Waals surface area (Å²) in [5.74, 6) is 0.810. The maximum absolute atomic E-state index is 13.2. The highest BCUT2D eigenvalue weighted by atomic mass is 16.5. The number of urea groups is 1. The molecule has 9 heteroatoms. The van der Waals surface area contributed by atoms with Gasteiger partial charge >= 0.3 is 6.03 Å². The lowest BCUT2D eigenvalue weighted by Crippen LogP contribution is -2.41. The molecule has 32 heavy (non-hydrogen) atoms. The number of aromatic amines is 1. The average molecular weight is 425 g/mol. The molecule has 4 aromatic rings. The van der Waals surface area contributed by atoms with Crippen LogP contribution in [-0.4, -0.2) is 31.0 Å². The predicted octanol–water partition coefficient (Wildman–Crippen LogP) is 3.97. The number of rotatable bonds is 3. The highest BCUT2D eigenvalue weighted by Crippen LogP contribution is 2.32. The molecule has 1 atom stereocenters. The smallest absolute Gasteiger partial charge is 0.322 e. The second-order valence-electron chi connectivity index (χ2n) is 7.62. The summed E-state index contributed by atoms with van der Waals surface area (Å²) in [5.41, 5.74) is 4.70. The van der Waals surface area contributed by atoms with Crippen molar-refractivity contribution in [1.82, 2.24) is 25.0 Å². The molecule has 0 saturated carbocycles. The maximum atomic E-state index is 13.2. The van der Waals surface area contributed by atoms with Crippen molar-refractivity contribution in [3.63, 3.8) is 0 Å². The van der Waals surface area contributed by atoms with Gasteiger partial charge in [0.15, 0.2) is 0 Å². The molecule has 2 amide bonds. The van der Waals surface area contributed by atoms with E-state index in [2.05, 4.69) is 31.5 Å². The fraction of sp³-hybridized carbons (Fsp3) is 0.174. The number of aryl methyl sites for hydroxylation is 1. The summed E-state index contributed by atoms with van der Waals surface area (Å²) in [6, 6.07) is 15.9. The standard InChI is InChI=1S/C23H19N7O2/c1-14-5-7-16(8-6-14)21-28-22(32-29-21)20-10-18-19(26-13-25-18)12-30(20)23(31)27-17-4-2-3-15(9-17)11-24/h2-9,13,20H,10,12H2,1H3,(H,25,26)(H,27,31). The Morgan fingerprint density at radius 3 is 2.94 bits per heavy atom. The fourth-order valence-electron chi connectivity index (χ4n) is 3.72. The minimum atomic E-state index is -0.475. The van der Waals surface area contributed by atoms with Crippen LogP contribution in [0, 0.1) is 18.3 Å². The second kappa shape index (κ2) is 8.00. The number of carbonyl (C=O) groups excluding carboxylic acids is 1. The molecule has 0 radical (unpaired) electrons. The van der Waals surface area contributed by atoms with E-state index in [4.69, 9.17) is 9.78 Å². The van der Waals surface area contributed by atoms with Crippen LogP contribution < -0.4 is 5.32 Å². The van der Waals surface area contributed by atoms with Crippen molar-refractivity contribution in [2.45, 2.75) is 25.9 Å². The number of aromatic nitrogens is 4. The van der Waals surface area contributed by atoms with Crippen LogP contribution in [0.3, 0.4) is 0 Å². The highest BCUT2D eigenvalue weighted by molar-refractivity contribution is 5.90. The average Bonchev–Trinajstić information content (AvgIpc) is 3.48. The molecule has 2 aromatic heterocycles. The normalized spacial score (nSPS) is 15.1. The molecule has 5 rings (SSSR count). The first-order valence-corrected chi connectivity index (χ1v) is 10.1. The van der Waals surface area contributed by atoms with Crippen molar-refractivity contribution < 1.29 is 9.32 Å². The third kappa shape index (κ3) is 3.70. The number of hydrogen-bond acceptors (Lipinski definition) is 6. The van der Waals surface area contributed by atoms with Gasteiger partial charge in [-0.1, -0.05) is 41.1 Å². The van der Waals surface area contributed by atoms with Crippen molar-refractivity contribution in [3.8, 4) is 17.5 Å². The fourth-order valence-corrected chi connectivity index (χ4v) is 3.72. The van der Waals surface area contributed by atoms with Gasteiger partial charge in [0.25, 0.3) is 0 Å². The number of amides is 2. The second-order valence-corrected chi connectivity index (χ2v) is 7.62. The van der Waals surface area contributed by atoms with Gasteiger partial charge in [0.1, 0.15) is 6.04 Å². The zero-order valence-electron chi connectivity index (χ0n) is 17.2. The lowest BCUT2D eigenvalue weighted by Gasteiger charge is -2.32. The van der Waals surface area contributed by atoms with Crippen LogP contribution in [0.4, 0.5) is 10.5 Å². The highest BCUT2D eigenvalue weighted by Gasteiger charge is 2.36. The van der Waals surface area contributed by atoms with E-state index in [0.717, 1.165) is 22.5 Å². The Morgan fingerprint density at radius 1 is 1.28 bits per heavy atom. The van der Waals surface area contributed by atoms with Crippen LogP contribution in [0.25, 0.3) is 11.4 Å². The van der Waals surface area contributed by atoms with Crippen molar-refractivity contribution >= 4 is 11.7 Å². The number of fused-ring (bicyclic) bond motifs is 1. The van der Waals surface area contributed by atoms with E-state index in [9.17, 15) is 4.79 Å². The first-order valence-electron chi connectivity index (χ1n) is 10.1. The van der Waals surface area contributed by atoms with Gasteiger partial charge in [-0.25, -0.2) is 9.78 Å². The van der Waals surface area contributed by atoms with E-state index in [1.54, 1.807) is 35.5 Å². The summed E-state index contributed by atoms with van der Waals surface area (Å²) >= 11 is 0. The summed E-state index contributed by atoms with van der Waals surface area (Å²) < 4.78 is 5.58. The number of nitriles is 1. The number of anilines is 1. The van der Waals surface area contributed by atoms with Crippen LogP contribution >= 0.6 is 0 Å². The van der Waals surface area contributed by atoms with Crippen LogP contribution in [-0.2, 0) is 13.0 Å². The zero-order valence-corrected chi connectivity index (χ0v) is 17.2. The Morgan fingerprint density at radius 2 is 2.12 bits per heavy atom. The Balaban J connectivity index is 1.44. The number of nitrogens with one attached hydrogen (secondary N) is 2. The van der Waals surface area contributed by atoms with Gasteiger partial charge in [-0.2, -0.15) is 10.2 Å². The van der Waals surface area contributed by atoms with E-state index in [1.165, 1.54) is 0 Å². The van der Waals surface area contributed by atoms with Gasteiger partial charge in [-0.15, -0.1) is 0 Å². The molecule has 0 bridgehead atoms. The Labute approximate surface area is 183 Å². The number of H-pyrrole nitrogens is 1. The third-order valence-corrected chi connectivity index (χ3v) is 5.44.